The first-order chi connectivity index (χ1) is 12.7. The highest BCUT2D eigenvalue weighted by molar-refractivity contribution is 14.0. The second-order valence-electron chi connectivity index (χ2n) is 5.94. The lowest BCUT2D eigenvalue weighted by Crippen LogP contribution is -2.39. The van der Waals surface area contributed by atoms with E-state index in [1.807, 2.05) is 36.4 Å². The van der Waals surface area contributed by atoms with Crippen LogP contribution in [-0.4, -0.2) is 38.5 Å². The van der Waals surface area contributed by atoms with Crippen LogP contribution in [0.5, 0.6) is 0 Å². The number of nitrogens with zero attached hydrogens (tertiary/aromatic N) is 1. The van der Waals surface area contributed by atoms with Gasteiger partial charge in [-0.3, -0.25) is 9.79 Å². The third-order valence-corrected chi connectivity index (χ3v) is 3.86. The highest BCUT2D eigenvalue weighted by Crippen LogP contribution is 2.05. The molecule has 1 aromatic carbocycles. The number of hydrogen-bond donors (Lipinski definition) is 3. The Hall–Kier alpha value is -2.03. The number of amides is 1. The highest BCUT2D eigenvalue weighted by Gasteiger charge is 2.04. The fourth-order valence-corrected chi connectivity index (χ4v) is 2.49. The van der Waals surface area contributed by atoms with Crippen LogP contribution in [0.25, 0.3) is 0 Å². The average Bonchev–Trinajstić information content (AvgIpc) is 3.18. The van der Waals surface area contributed by atoms with Gasteiger partial charge in [-0.1, -0.05) is 19.1 Å². The van der Waals surface area contributed by atoms with Gasteiger partial charge in [-0.15, -0.1) is 24.0 Å². The van der Waals surface area contributed by atoms with Crippen molar-refractivity contribution in [1.82, 2.24) is 16.0 Å². The van der Waals surface area contributed by atoms with Crippen molar-refractivity contribution >= 4 is 35.8 Å². The number of guanidine groups is 1. The van der Waals surface area contributed by atoms with Gasteiger partial charge in [-0.2, -0.15) is 0 Å². The van der Waals surface area contributed by atoms with E-state index in [9.17, 15) is 4.79 Å². The predicted molar refractivity (Wildman–Crippen MR) is 120 cm³/mol. The van der Waals surface area contributed by atoms with Gasteiger partial charge in [0.15, 0.2) is 5.96 Å². The largest absolute Gasteiger partial charge is 0.469 e. The lowest BCUT2D eigenvalue weighted by Gasteiger charge is -2.12. The zero-order chi connectivity index (χ0) is 18.6. The first-order valence-corrected chi connectivity index (χ1v) is 9.08. The molecule has 0 bridgehead atoms. The van der Waals surface area contributed by atoms with E-state index in [-0.39, 0.29) is 29.9 Å². The van der Waals surface area contributed by atoms with Crippen molar-refractivity contribution < 1.29 is 9.21 Å². The maximum atomic E-state index is 11.7. The van der Waals surface area contributed by atoms with E-state index in [0.717, 1.165) is 56.2 Å². The van der Waals surface area contributed by atoms with Crippen LogP contribution in [0.4, 0.5) is 0 Å². The minimum Gasteiger partial charge on any atom is -0.469 e. The van der Waals surface area contributed by atoms with Crippen LogP contribution >= 0.6 is 24.0 Å². The Kier molecular flexibility index (Phi) is 11.2. The molecule has 6 nitrogen and oxygen atoms in total. The topological polar surface area (TPSA) is 78.7 Å². The summed E-state index contributed by atoms with van der Waals surface area (Å²) in [5, 5.41) is 9.34. The summed E-state index contributed by atoms with van der Waals surface area (Å²) in [6.45, 7) is 4.39. The van der Waals surface area contributed by atoms with Crippen molar-refractivity contribution in [2.75, 3.05) is 26.7 Å². The molecule has 3 N–H and O–H groups in total. The summed E-state index contributed by atoms with van der Waals surface area (Å²) in [7, 11) is 1.64. The van der Waals surface area contributed by atoms with Gasteiger partial charge in [0, 0.05) is 38.7 Å². The quantitative estimate of drug-likeness (QED) is 0.291. The van der Waals surface area contributed by atoms with Crippen molar-refractivity contribution in [2.24, 2.45) is 4.99 Å². The summed E-state index contributed by atoms with van der Waals surface area (Å²) < 4.78 is 5.34. The van der Waals surface area contributed by atoms with E-state index in [1.165, 1.54) is 0 Å². The summed E-state index contributed by atoms with van der Waals surface area (Å²) >= 11 is 0. The number of rotatable bonds is 9. The number of carbonyl (C=O) groups is 1. The van der Waals surface area contributed by atoms with Crippen LogP contribution < -0.4 is 16.0 Å². The number of carbonyl (C=O) groups excluding carboxylic acids is 1. The second-order valence-corrected chi connectivity index (χ2v) is 5.94. The van der Waals surface area contributed by atoms with Crippen LogP contribution in [0.1, 0.15) is 35.0 Å². The molecule has 0 unspecified atom stereocenters. The molecule has 0 saturated heterocycles. The third-order valence-electron chi connectivity index (χ3n) is 3.86. The molecule has 1 aromatic heterocycles. The summed E-state index contributed by atoms with van der Waals surface area (Å²) in [5.74, 6) is 1.70. The van der Waals surface area contributed by atoms with Crippen molar-refractivity contribution in [3.63, 3.8) is 0 Å². The summed E-state index contributed by atoms with van der Waals surface area (Å²) in [5.41, 5.74) is 1.80. The summed E-state index contributed by atoms with van der Waals surface area (Å²) in [4.78, 5) is 16.3. The maximum absolute atomic E-state index is 11.7. The van der Waals surface area contributed by atoms with Gasteiger partial charge >= 0.3 is 0 Å². The van der Waals surface area contributed by atoms with E-state index in [4.69, 9.17) is 4.42 Å². The monoisotopic (exact) mass is 484 g/mol. The van der Waals surface area contributed by atoms with Crippen LogP contribution in [-0.2, 0) is 12.8 Å². The molecule has 0 fully saturated rings. The molecule has 27 heavy (non-hydrogen) atoms. The molecule has 0 spiro atoms. The molecule has 148 valence electrons. The van der Waals surface area contributed by atoms with Crippen molar-refractivity contribution in [3.05, 3.63) is 59.5 Å². The van der Waals surface area contributed by atoms with Gasteiger partial charge in [0.05, 0.1) is 6.26 Å². The van der Waals surface area contributed by atoms with E-state index in [0.29, 0.717) is 5.56 Å². The Morgan fingerprint density at radius 2 is 1.89 bits per heavy atom. The minimum atomic E-state index is -0.0652. The average molecular weight is 484 g/mol. The van der Waals surface area contributed by atoms with Gasteiger partial charge in [0.1, 0.15) is 5.76 Å². The molecule has 0 atom stereocenters. The van der Waals surface area contributed by atoms with E-state index >= 15 is 0 Å². The predicted octanol–water partition coefficient (Wildman–Crippen LogP) is 2.99. The smallest absolute Gasteiger partial charge is 0.251 e. The first-order valence-electron chi connectivity index (χ1n) is 9.08. The molecule has 1 heterocycles. The van der Waals surface area contributed by atoms with Gasteiger partial charge in [0.25, 0.3) is 5.91 Å². The number of nitrogens with one attached hydrogen (secondary N) is 3. The Bertz CT molecular complexity index is 702. The molecule has 2 aromatic rings. The van der Waals surface area contributed by atoms with Gasteiger partial charge in [-0.05, 0) is 42.7 Å². The lowest BCUT2D eigenvalue weighted by atomic mass is 10.1. The molecule has 0 aliphatic heterocycles. The zero-order valence-electron chi connectivity index (χ0n) is 16.0. The maximum Gasteiger partial charge on any atom is 0.251 e. The third kappa shape index (κ3) is 8.47. The number of furan rings is 1. The van der Waals surface area contributed by atoms with E-state index in [2.05, 4.69) is 27.9 Å². The zero-order valence-corrected chi connectivity index (χ0v) is 18.3. The Morgan fingerprint density at radius 1 is 1.11 bits per heavy atom. The summed E-state index contributed by atoms with van der Waals surface area (Å²) in [6.07, 6.45) is 4.32. The minimum absolute atomic E-state index is 0. The standard InChI is InChI=1S/C20H28N4O2.HI/c1-3-11-22-20(24-13-10-18-8-5-14-26-18)23-12-9-16-6-4-7-17(15-16)19(25)21-2;/h4-8,14-15H,3,9-13H2,1-2H3,(H,21,25)(H2,22,23,24);1H. The second kappa shape index (κ2) is 13.2. The van der Waals surface area contributed by atoms with Crippen LogP contribution in [0.2, 0.25) is 0 Å². The van der Waals surface area contributed by atoms with Crippen molar-refractivity contribution in [3.8, 4) is 0 Å². The van der Waals surface area contributed by atoms with E-state index < -0.39 is 0 Å². The van der Waals surface area contributed by atoms with Gasteiger partial charge in [-0.25, -0.2) is 0 Å². The number of aliphatic imine (C=N–C) groups is 1. The molecule has 0 aliphatic carbocycles. The molecule has 2 rings (SSSR count). The number of halogens is 1. The Morgan fingerprint density at radius 3 is 2.56 bits per heavy atom. The molecule has 0 radical (unpaired) electrons. The van der Waals surface area contributed by atoms with Crippen LogP contribution in [0.3, 0.4) is 0 Å². The fraction of sp³-hybridized carbons (Fsp3) is 0.400. The van der Waals surface area contributed by atoms with Gasteiger partial charge < -0.3 is 20.4 Å². The van der Waals surface area contributed by atoms with Crippen LogP contribution in [0, 0.1) is 0 Å². The van der Waals surface area contributed by atoms with Crippen molar-refractivity contribution in [2.45, 2.75) is 26.2 Å². The Labute approximate surface area is 178 Å². The Balaban J connectivity index is 0.00000364. The number of benzene rings is 1. The van der Waals surface area contributed by atoms with E-state index in [1.54, 1.807) is 13.3 Å². The normalized spacial score (nSPS) is 10.8. The fourth-order valence-electron chi connectivity index (χ4n) is 2.49. The van der Waals surface area contributed by atoms with Crippen LogP contribution in [0.15, 0.2) is 52.1 Å². The molecular weight excluding hydrogens is 455 g/mol. The number of hydrogen-bond acceptors (Lipinski definition) is 3. The first kappa shape index (κ1) is 23.0. The SMILES string of the molecule is CCCN=C(NCCc1cccc(C(=O)NC)c1)NCCc1ccco1.I. The molecule has 1 amide bonds. The van der Waals surface area contributed by atoms with Crippen molar-refractivity contribution in [1.29, 1.82) is 0 Å². The molecule has 0 saturated carbocycles. The van der Waals surface area contributed by atoms with Gasteiger partial charge in [0.2, 0.25) is 0 Å². The molecule has 7 heteroatoms. The highest BCUT2D eigenvalue weighted by atomic mass is 127. The molecular formula is C20H29IN4O2. The summed E-state index contributed by atoms with van der Waals surface area (Å²) in [6, 6.07) is 11.5. The molecule has 0 aliphatic rings. The lowest BCUT2D eigenvalue weighted by molar-refractivity contribution is 0.0963.